The maximum absolute atomic E-state index is 12.8. The Balaban J connectivity index is 1.53. The first-order chi connectivity index (χ1) is 13.0. The van der Waals surface area contributed by atoms with E-state index in [9.17, 15) is 19.2 Å². The van der Waals surface area contributed by atoms with Gasteiger partial charge in [-0.25, -0.2) is 0 Å². The minimum atomic E-state index is -0.631. The van der Waals surface area contributed by atoms with Gasteiger partial charge >= 0.3 is 0 Å². The van der Waals surface area contributed by atoms with E-state index in [1.54, 1.807) is 12.1 Å². The molecule has 1 aromatic rings. The van der Waals surface area contributed by atoms with Gasteiger partial charge < -0.3 is 9.80 Å². The highest BCUT2D eigenvalue weighted by Crippen LogP contribution is 2.30. The normalized spacial score (nSPS) is 22.7. The number of nitrogens with zero attached hydrogens (tertiary/aromatic N) is 2. The first-order valence-corrected chi connectivity index (χ1v) is 9.58. The predicted molar refractivity (Wildman–Crippen MR) is 96.6 cm³/mol. The largest absolute Gasteiger partial charge is 0.342 e. The molecule has 3 heterocycles. The molecule has 1 atom stereocenters. The van der Waals surface area contributed by atoms with Crippen molar-refractivity contribution in [2.75, 3.05) is 13.1 Å². The zero-order valence-corrected chi connectivity index (χ0v) is 15.2. The van der Waals surface area contributed by atoms with E-state index in [1.807, 2.05) is 11.0 Å². The molecule has 27 heavy (non-hydrogen) atoms. The number of hydrogen-bond acceptors (Lipinski definition) is 4. The maximum Gasteiger partial charge on any atom is 0.255 e. The molecule has 4 amide bonds. The summed E-state index contributed by atoms with van der Waals surface area (Å²) in [6, 6.07) is 4.80. The number of carbonyl (C=O) groups is 4. The highest BCUT2D eigenvalue weighted by Gasteiger charge is 2.39. The van der Waals surface area contributed by atoms with E-state index in [2.05, 4.69) is 5.32 Å². The number of nitrogens with one attached hydrogen (secondary N) is 1. The molecule has 0 spiro atoms. The summed E-state index contributed by atoms with van der Waals surface area (Å²) >= 11 is 0. The van der Waals surface area contributed by atoms with E-state index in [0.717, 1.165) is 37.1 Å². The van der Waals surface area contributed by atoms with Crippen LogP contribution in [0.3, 0.4) is 0 Å². The standard InChI is InChI=1S/C20H23N3O4/c24-17-8-7-16(19(26)21-17)23-12-15-13(5-4-6-14(15)20(23)27)11-18(25)22-9-2-1-3-10-22/h4-6,16H,1-3,7-12H2,(H,21,24,26). The van der Waals surface area contributed by atoms with Crippen molar-refractivity contribution in [3.63, 3.8) is 0 Å². The van der Waals surface area contributed by atoms with Crippen molar-refractivity contribution >= 4 is 23.6 Å². The molecular weight excluding hydrogens is 346 g/mol. The Morgan fingerprint density at radius 2 is 1.89 bits per heavy atom. The van der Waals surface area contributed by atoms with Crippen LogP contribution in [-0.2, 0) is 27.3 Å². The molecule has 2 saturated heterocycles. The minimum absolute atomic E-state index is 0.0926. The summed E-state index contributed by atoms with van der Waals surface area (Å²) in [6.45, 7) is 1.91. The Morgan fingerprint density at radius 3 is 2.63 bits per heavy atom. The fourth-order valence-corrected chi connectivity index (χ4v) is 4.23. The summed E-state index contributed by atoms with van der Waals surface area (Å²) in [5.74, 6) is -0.826. The lowest BCUT2D eigenvalue weighted by Crippen LogP contribution is -2.52. The minimum Gasteiger partial charge on any atom is -0.342 e. The molecule has 7 heteroatoms. The summed E-state index contributed by atoms with van der Waals surface area (Å²) in [5, 5.41) is 2.31. The second-order valence-corrected chi connectivity index (χ2v) is 7.46. The van der Waals surface area contributed by atoms with E-state index in [4.69, 9.17) is 0 Å². The van der Waals surface area contributed by atoms with Gasteiger partial charge in [-0.2, -0.15) is 0 Å². The van der Waals surface area contributed by atoms with E-state index in [-0.39, 0.29) is 30.6 Å². The average molecular weight is 369 g/mol. The van der Waals surface area contributed by atoms with Crippen molar-refractivity contribution in [1.29, 1.82) is 0 Å². The summed E-state index contributed by atoms with van der Waals surface area (Å²) in [7, 11) is 0. The van der Waals surface area contributed by atoms with Gasteiger partial charge in [0.05, 0.1) is 6.42 Å². The van der Waals surface area contributed by atoms with Crippen molar-refractivity contribution in [2.24, 2.45) is 0 Å². The number of amides is 4. The van der Waals surface area contributed by atoms with Gasteiger partial charge in [0.25, 0.3) is 5.91 Å². The number of likely N-dealkylation sites (tertiary alicyclic amines) is 1. The molecule has 1 unspecified atom stereocenters. The van der Waals surface area contributed by atoms with Gasteiger partial charge in [0.1, 0.15) is 6.04 Å². The van der Waals surface area contributed by atoms with E-state index >= 15 is 0 Å². The number of imide groups is 1. The van der Waals surface area contributed by atoms with Crippen LogP contribution in [0, 0.1) is 0 Å². The zero-order chi connectivity index (χ0) is 19.0. The van der Waals surface area contributed by atoms with Crippen LogP contribution in [0.5, 0.6) is 0 Å². The van der Waals surface area contributed by atoms with Gasteiger partial charge in [-0.15, -0.1) is 0 Å². The molecule has 0 aliphatic carbocycles. The first kappa shape index (κ1) is 17.7. The quantitative estimate of drug-likeness (QED) is 0.806. The molecular formula is C20H23N3O4. The summed E-state index contributed by atoms with van der Waals surface area (Å²) in [5.41, 5.74) is 2.24. The van der Waals surface area contributed by atoms with Gasteiger partial charge in [0, 0.05) is 31.6 Å². The summed E-state index contributed by atoms with van der Waals surface area (Å²) in [4.78, 5) is 52.5. The van der Waals surface area contributed by atoms with Crippen LogP contribution in [0.1, 0.15) is 53.6 Å². The van der Waals surface area contributed by atoms with Crippen LogP contribution in [0.4, 0.5) is 0 Å². The Kier molecular flexibility index (Phi) is 4.68. The van der Waals surface area contributed by atoms with Gasteiger partial charge in [-0.05, 0) is 42.9 Å². The zero-order valence-electron chi connectivity index (χ0n) is 15.2. The predicted octanol–water partition coefficient (Wildman–Crippen LogP) is 1.00. The Morgan fingerprint density at radius 1 is 1.11 bits per heavy atom. The van der Waals surface area contributed by atoms with Crippen LogP contribution >= 0.6 is 0 Å². The lowest BCUT2D eigenvalue weighted by molar-refractivity contribution is -0.137. The third-order valence-corrected chi connectivity index (χ3v) is 5.73. The second kappa shape index (κ2) is 7.13. The Hall–Kier alpha value is -2.70. The number of piperidine rings is 2. The highest BCUT2D eigenvalue weighted by atomic mass is 16.2. The third kappa shape index (κ3) is 3.34. The molecule has 0 bridgehead atoms. The van der Waals surface area contributed by atoms with Crippen LogP contribution in [0.25, 0.3) is 0 Å². The molecule has 3 aliphatic heterocycles. The molecule has 0 aromatic heterocycles. The van der Waals surface area contributed by atoms with Crippen LogP contribution in [0.15, 0.2) is 18.2 Å². The van der Waals surface area contributed by atoms with Gasteiger partial charge in [-0.3, -0.25) is 24.5 Å². The smallest absolute Gasteiger partial charge is 0.255 e. The molecule has 3 aliphatic rings. The fraction of sp³-hybridized carbons (Fsp3) is 0.500. The second-order valence-electron chi connectivity index (χ2n) is 7.46. The SMILES string of the molecule is O=C1CCC(N2Cc3c(CC(=O)N4CCCCC4)cccc3C2=O)C(=O)N1. The van der Waals surface area contributed by atoms with Gasteiger partial charge in [0.2, 0.25) is 17.7 Å². The van der Waals surface area contributed by atoms with E-state index in [0.29, 0.717) is 18.5 Å². The number of rotatable bonds is 3. The lowest BCUT2D eigenvalue weighted by atomic mass is 9.99. The summed E-state index contributed by atoms with van der Waals surface area (Å²) < 4.78 is 0. The Labute approximate surface area is 157 Å². The molecule has 4 rings (SSSR count). The maximum atomic E-state index is 12.8. The molecule has 1 N–H and O–H groups in total. The monoisotopic (exact) mass is 369 g/mol. The lowest BCUT2D eigenvalue weighted by Gasteiger charge is -2.29. The molecule has 7 nitrogen and oxygen atoms in total. The summed E-state index contributed by atoms with van der Waals surface area (Å²) in [6.07, 6.45) is 4.10. The fourth-order valence-electron chi connectivity index (χ4n) is 4.23. The van der Waals surface area contributed by atoms with Crippen molar-refractivity contribution in [3.05, 3.63) is 34.9 Å². The molecule has 0 saturated carbocycles. The average Bonchev–Trinajstić information content (AvgIpc) is 3.00. The molecule has 1 aromatic carbocycles. The topological polar surface area (TPSA) is 86.8 Å². The Bertz CT molecular complexity index is 813. The van der Waals surface area contributed by atoms with Crippen molar-refractivity contribution in [2.45, 2.75) is 51.1 Å². The van der Waals surface area contributed by atoms with Crippen LogP contribution in [-0.4, -0.2) is 52.6 Å². The number of fused-ring (bicyclic) bond motifs is 1. The molecule has 0 radical (unpaired) electrons. The van der Waals surface area contributed by atoms with Gasteiger partial charge in [-0.1, -0.05) is 12.1 Å². The number of benzene rings is 1. The molecule has 142 valence electrons. The van der Waals surface area contributed by atoms with Crippen molar-refractivity contribution < 1.29 is 19.2 Å². The third-order valence-electron chi connectivity index (χ3n) is 5.73. The van der Waals surface area contributed by atoms with Crippen molar-refractivity contribution in [3.8, 4) is 0 Å². The first-order valence-electron chi connectivity index (χ1n) is 9.58. The van der Waals surface area contributed by atoms with Crippen LogP contribution < -0.4 is 5.32 Å². The number of hydrogen-bond donors (Lipinski definition) is 1. The number of carbonyl (C=O) groups excluding carboxylic acids is 4. The van der Waals surface area contributed by atoms with E-state index in [1.165, 1.54) is 11.3 Å². The van der Waals surface area contributed by atoms with Crippen molar-refractivity contribution in [1.82, 2.24) is 15.1 Å². The van der Waals surface area contributed by atoms with E-state index < -0.39 is 11.9 Å². The van der Waals surface area contributed by atoms with Gasteiger partial charge in [0.15, 0.2) is 0 Å². The van der Waals surface area contributed by atoms with Crippen LogP contribution in [0.2, 0.25) is 0 Å². The molecule has 2 fully saturated rings. The highest BCUT2D eigenvalue weighted by molar-refractivity contribution is 6.05.